The highest BCUT2D eigenvalue weighted by atomic mass is 16.2. The fourth-order valence-corrected chi connectivity index (χ4v) is 0.565. The first-order chi connectivity index (χ1) is 3.79. The summed E-state index contributed by atoms with van der Waals surface area (Å²) >= 11 is 0. The molecule has 2 amide bonds. The third-order valence-electron chi connectivity index (χ3n) is 0.958. The van der Waals surface area contributed by atoms with Gasteiger partial charge in [0.25, 0.3) is 0 Å². The van der Waals surface area contributed by atoms with Crippen LogP contribution in [0.1, 0.15) is 6.92 Å². The average molecular weight is 112 g/mol. The summed E-state index contributed by atoms with van der Waals surface area (Å²) in [6.07, 6.45) is 3.52. The third kappa shape index (κ3) is 0.992. The Hall–Kier alpha value is -0.990. The lowest BCUT2D eigenvalue weighted by atomic mass is 10.3. The number of hydrogen-bond acceptors (Lipinski definition) is 1. The van der Waals surface area contributed by atoms with Crippen LogP contribution >= 0.6 is 0 Å². The Morgan fingerprint density at radius 2 is 2.50 bits per heavy atom. The highest BCUT2D eigenvalue weighted by Crippen LogP contribution is 1.87. The summed E-state index contributed by atoms with van der Waals surface area (Å²) in [6.45, 7) is 1.91. The van der Waals surface area contributed by atoms with E-state index in [-0.39, 0.29) is 12.1 Å². The number of nitrogens with one attached hydrogen (secondary N) is 2. The molecule has 0 aromatic carbocycles. The van der Waals surface area contributed by atoms with Crippen LogP contribution in [0, 0.1) is 0 Å². The zero-order valence-corrected chi connectivity index (χ0v) is 4.64. The van der Waals surface area contributed by atoms with Crippen LogP contribution in [0.2, 0.25) is 0 Å². The van der Waals surface area contributed by atoms with E-state index in [1.807, 2.05) is 13.0 Å². The maximum atomic E-state index is 10.4. The van der Waals surface area contributed by atoms with Crippen molar-refractivity contribution in [3.8, 4) is 0 Å². The van der Waals surface area contributed by atoms with E-state index in [0.717, 1.165) is 0 Å². The van der Waals surface area contributed by atoms with E-state index in [9.17, 15) is 4.79 Å². The third-order valence-corrected chi connectivity index (χ3v) is 0.958. The van der Waals surface area contributed by atoms with Crippen LogP contribution in [-0.4, -0.2) is 12.1 Å². The molecular formula is C5H8N2O. The van der Waals surface area contributed by atoms with Crippen LogP contribution < -0.4 is 10.6 Å². The molecule has 0 aliphatic carbocycles. The summed E-state index contributed by atoms with van der Waals surface area (Å²) in [6, 6.07) is 0.0451. The van der Waals surface area contributed by atoms with Crippen molar-refractivity contribution in [1.82, 2.24) is 10.6 Å². The van der Waals surface area contributed by atoms with Gasteiger partial charge in [0.2, 0.25) is 0 Å². The number of rotatable bonds is 0. The van der Waals surface area contributed by atoms with Gasteiger partial charge in [0.15, 0.2) is 0 Å². The normalized spacial score (nSPS) is 26.6. The Balaban J connectivity index is 2.54. The molecule has 0 fully saturated rings. The van der Waals surface area contributed by atoms with Gasteiger partial charge in [-0.25, -0.2) is 4.79 Å². The second kappa shape index (κ2) is 1.86. The van der Waals surface area contributed by atoms with Crippen molar-refractivity contribution in [2.24, 2.45) is 0 Å². The minimum Gasteiger partial charge on any atom is -0.332 e. The number of carbonyl (C=O) groups is 1. The molecule has 1 aliphatic heterocycles. The standard InChI is InChI=1S/C5H8N2O/c1-4-2-3-6-5(8)7-4/h2-4H,1H3,(H2,6,7,8). The van der Waals surface area contributed by atoms with Gasteiger partial charge in [-0.3, -0.25) is 0 Å². The van der Waals surface area contributed by atoms with Crippen LogP contribution in [0.25, 0.3) is 0 Å². The molecule has 2 N–H and O–H groups in total. The summed E-state index contributed by atoms with van der Waals surface area (Å²) in [5.41, 5.74) is 0. The molecule has 0 saturated carbocycles. The van der Waals surface area contributed by atoms with E-state index in [2.05, 4.69) is 10.6 Å². The Labute approximate surface area is 47.8 Å². The van der Waals surface area contributed by atoms with E-state index in [1.54, 1.807) is 6.20 Å². The molecule has 0 bridgehead atoms. The van der Waals surface area contributed by atoms with Gasteiger partial charge >= 0.3 is 6.03 Å². The Kier molecular flexibility index (Phi) is 1.20. The first-order valence-electron chi connectivity index (χ1n) is 2.53. The van der Waals surface area contributed by atoms with Crippen molar-refractivity contribution in [3.63, 3.8) is 0 Å². The molecule has 1 atom stereocenters. The van der Waals surface area contributed by atoms with Gasteiger partial charge in [-0.15, -0.1) is 0 Å². The van der Waals surface area contributed by atoms with E-state index in [0.29, 0.717) is 0 Å². The van der Waals surface area contributed by atoms with Crippen LogP contribution in [0.15, 0.2) is 12.3 Å². The number of carbonyl (C=O) groups excluding carboxylic acids is 1. The molecule has 1 heterocycles. The molecule has 1 rings (SSSR count). The predicted octanol–water partition coefficient (Wildman–Crippen LogP) is 0.201. The van der Waals surface area contributed by atoms with E-state index >= 15 is 0 Å². The molecule has 0 spiro atoms. The zero-order valence-electron chi connectivity index (χ0n) is 4.64. The van der Waals surface area contributed by atoms with Gasteiger partial charge in [-0.05, 0) is 13.0 Å². The molecule has 44 valence electrons. The lowest BCUT2D eigenvalue weighted by Gasteiger charge is -2.13. The monoisotopic (exact) mass is 112 g/mol. The number of urea groups is 1. The van der Waals surface area contributed by atoms with Crippen LogP contribution in [0.4, 0.5) is 4.79 Å². The fraction of sp³-hybridized carbons (Fsp3) is 0.400. The summed E-state index contributed by atoms with van der Waals surface area (Å²) in [4.78, 5) is 10.4. The summed E-state index contributed by atoms with van der Waals surface area (Å²) in [5, 5.41) is 5.12. The molecular weight excluding hydrogens is 104 g/mol. The predicted molar refractivity (Wildman–Crippen MR) is 30.3 cm³/mol. The SMILES string of the molecule is CC1C=CNC(=O)N1. The smallest absolute Gasteiger partial charge is 0.319 e. The van der Waals surface area contributed by atoms with Crippen molar-refractivity contribution in [1.29, 1.82) is 0 Å². The topological polar surface area (TPSA) is 41.1 Å². The van der Waals surface area contributed by atoms with Crippen LogP contribution in [0.3, 0.4) is 0 Å². The molecule has 3 nitrogen and oxygen atoms in total. The molecule has 1 unspecified atom stereocenters. The van der Waals surface area contributed by atoms with Gasteiger partial charge in [0.1, 0.15) is 0 Å². The lowest BCUT2D eigenvalue weighted by Crippen LogP contribution is -2.41. The Bertz CT molecular complexity index is 130. The van der Waals surface area contributed by atoms with Crippen LogP contribution in [0.5, 0.6) is 0 Å². The summed E-state index contributed by atoms with van der Waals surface area (Å²) < 4.78 is 0. The second-order valence-corrected chi connectivity index (χ2v) is 1.77. The Morgan fingerprint density at radius 3 is 2.88 bits per heavy atom. The molecule has 3 heteroatoms. The van der Waals surface area contributed by atoms with Gasteiger partial charge < -0.3 is 10.6 Å². The van der Waals surface area contributed by atoms with Gasteiger partial charge in [0, 0.05) is 12.2 Å². The van der Waals surface area contributed by atoms with Crippen molar-refractivity contribution in [2.45, 2.75) is 13.0 Å². The van der Waals surface area contributed by atoms with E-state index in [1.165, 1.54) is 0 Å². The summed E-state index contributed by atoms with van der Waals surface area (Å²) in [5.74, 6) is 0. The van der Waals surface area contributed by atoms with Crippen molar-refractivity contribution < 1.29 is 4.79 Å². The van der Waals surface area contributed by atoms with Gasteiger partial charge in [-0.1, -0.05) is 0 Å². The number of amides is 2. The largest absolute Gasteiger partial charge is 0.332 e. The molecule has 8 heavy (non-hydrogen) atoms. The maximum absolute atomic E-state index is 10.4. The van der Waals surface area contributed by atoms with Gasteiger partial charge in [-0.2, -0.15) is 0 Å². The fourth-order valence-electron chi connectivity index (χ4n) is 0.565. The quantitative estimate of drug-likeness (QED) is 0.462. The highest BCUT2D eigenvalue weighted by molar-refractivity contribution is 5.76. The Morgan fingerprint density at radius 1 is 1.75 bits per heavy atom. The molecule has 0 radical (unpaired) electrons. The number of hydrogen-bond donors (Lipinski definition) is 2. The van der Waals surface area contributed by atoms with E-state index in [4.69, 9.17) is 0 Å². The minimum atomic E-state index is -0.125. The first kappa shape index (κ1) is 5.15. The lowest BCUT2D eigenvalue weighted by molar-refractivity contribution is 0.241. The minimum absolute atomic E-state index is 0.125. The van der Waals surface area contributed by atoms with Gasteiger partial charge in [0.05, 0.1) is 0 Å². The molecule has 0 aromatic rings. The molecule has 0 saturated heterocycles. The van der Waals surface area contributed by atoms with Crippen molar-refractivity contribution in [2.75, 3.05) is 0 Å². The molecule has 1 aliphatic rings. The van der Waals surface area contributed by atoms with Crippen LogP contribution in [-0.2, 0) is 0 Å². The summed E-state index contributed by atoms with van der Waals surface area (Å²) in [7, 11) is 0. The second-order valence-electron chi connectivity index (χ2n) is 1.77. The zero-order chi connectivity index (χ0) is 5.98. The highest BCUT2D eigenvalue weighted by Gasteiger charge is 2.04. The van der Waals surface area contributed by atoms with Crippen molar-refractivity contribution in [3.05, 3.63) is 12.3 Å². The first-order valence-corrected chi connectivity index (χ1v) is 2.53. The van der Waals surface area contributed by atoms with Crippen molar-refractivity contribution >= 4 is 6.03 Å². The van der Waals surface area contributed by atoms with E-state index < -0.39 is 0 Å². The molecule has 0 aromatic heterocycles. The maximum Gasteiger partial charge on any atom is 0.319 e. The average Bonchev–Trinajstić information content (AvgIpc) is 1.64.